The van der Waals surface area contributed by atoms with Gasteiger partial charge in [0.2, 0.25) is 0 Å². The standard InChI is InChI=1S/C13H16O/c1-3-5-8-11-9-6-7-10-12(11)13(14)4-2/h5-10H,3-4H2,1-2H3/b8-5+. The number of carbonyl (C=O) groups is 1. The third-order valence-electron chi connectivity index (χ3n) is 2.12. The molecule has 0 N–H and O–H groups in total. The van der Waals surface area contributed by atoms with Gasteiger partial charge in [-0.05, 0) is 12.0 Å². The zero-order valence-corrected chi connectivity index (χ0v) is 8.79. The van der Waals surface area contributed by atoms with Gasteiger partial charge in [-0.25, -0.2) is 0 Å². The Labute approximate surface area is 85.5 Å². The minimum absolute atomic E-state index is 0.210. The summed E-state index contributed by atoms with van der Waals surface area (Å²) >= 11 is 0. The summed E-state index contributed by atoms with van der Waals surface area (Å²) in [7, 11) is 0. The van der Waals surface area contributed by atoms with Crippen molar-refractivity contribution in [3.63, 3.8) is 0 Å². The second-order valence-electron chi connectivity index (χ2n) is 3.17. The minimum atomic E-state index is 0.210. The fourth-order valence-electron chi connectivity index (χ4n) is 1.33. The lowest BCUT2D eigenvalue weighted by molar-refractivity contribution is 0.0988. The number of hydrogen-bond acceptors (Lipinski definition) is 1. The van der Waals surface area contributed by atoms with Gasteiger partial charge >= 0.3 is 0 Å². The van der Waals surface area contributed by atoms with E-state index in [1.165, 1.54) is 0 Å². The number of Topliss-reactive ketones (excluding diaryl/α,β-unsaturated/α-hetero) is 1. The molecule has 0 unspecified atom stereocenters. The van der Waals surface area contributed by atoms with Crippen LogP contribution in [0.3, 0.4) is 0 Å². The molecule has 0 aromatic heterocycles. The SMILES string of the molecule is CC/C=C/c1ccccc1C(=O)CC. The van der Waals surface area contributed by atoms with E-state index in [1.807, 2.05) is 37.3 Å². The van der Waals surface area contributed by atoms with Gasteiger partial charge in [-0.1, -0.05) is 50.3 Å². The molecule has 1 nitrogen and oxygen atoms in total. The summed E-state index contributed by atoms with van der Waals surface area (Å²) in [5, 5.41) is 0. The molecule has 0 radical (unpaired) electrons. The Bertz CT molecular complexity index is 337. The maximum atomic E-state index is 11.6. The van der Waals surface area contributed by atoms with Gasteiger partial charge in [-0.3, -0.25) is 4.79 Å². The van der Waals surface area contributed by atoms with Crippen LogP contribution in [0.2, 0.25) is 0 Å². The number of carbonyl (C=O) groups excluding carboxylic acids is 1. The Morgan fingerprint density at radius 2 is 2.00 bits per heavy atom. The third kappa shape index (κ3) is 2.56. The number of ketones is 1. The van der Waals surface area contributed by atoms with Crippen LogP contribution in [0.5, 0.6) is 0 Å². The summed E-state index contributed by atoms with van der Waals surface area (Å²) in [6.45, 7) is 3.98. The van der Waals surface area contributed by atoms with Crippen LogP contribution in [0.1, 0.15) is 42.6 Å². The zero-order chi connectivity index (χ0) is 10.4. The van der Waals surface area contributed by atoms with E-state index in [0.717, 1.165) is 17.5 Å². The molecule has 14 heavy (non-hydrogen) atoms. The molecule has 0 atom stereocenters. The number of rotatable bonds is 4. The van der Waals surface area contributed by atoms with E-state index < -0.39 is 0 Å². The first-order valence-corrected chi connectivity index (χ1v) is 5.08. The van der Waals surface area contributed by atoms with Crippen LogP contribution >= 0.6 is 0 Å². The van der Waals surface area contributed by atoms with Gasteiger partial charge in [0.1, 0.15) is 0 Å². The fourth-order valence-corrected chi connectivity index (χ4v) is 1.33. The van der Waals surface area contributed by atoms with Gasteiger partial charge in [0.05, 0.1) is 0 Å². The largest absolute Gasteiger partial charge is 0.294 e. The van der Waals surface area contributed by atoms with Crippen molar-refractivity contribution < 1.29 is 4.79 Å². The molecule has 0 spiro atoms. The van der Waals surface area contributed by atoms with E-state index in [4.69, 9.17) is 0 Å². The Balaban J connectivity index is 3.03. The molecule has 0 amide bonds. The van der Waals surface area contributed by atoms with E-state index in [-0.39, 0.29) is 5.78 Å². The summed E-state index contributed by atoms with van der Waals surface area (Å²) in [6, 6.07) is 7.74. The lowest BCUT2D eigenvalue weighted by Gasteiger charge is -2.02. The van der Waals surface area contributed by atoms with Crippen LogP contribution in [-0.4, -0.2) is 5.78 Å². The summed E-state index contributed by atoms with van der Waals surface area (Å²) in [6.07, 6.45) is 5.65. The van der Waals surface area contributed by atoms with Crippen LogP contribution in [0, 0.1) is 0 Å². The van der Waals surface area contributed by atoms with Crippen molar-refractivity contribution in [1.29, 1.82) is 0 Å². The number of benzene rings is 1. The quantitative estimate of drug-likeness (QED) is 0.658. The lowest BCUT2D eigenvalue weighted by Crippen LogP contribution is -1.98. The van der Waals surface area contributed by atoms with Crippen LogP contribution < -0.4 is 0 Å². The van der Waals surface area contributed by atoms with Gasteiger partial charge in [-0.15, -0.1) is 0 Å². The van der Waals surface area contributed by atoms with Crippen molar-refractivity contribution in [2.75, 3.05) is 0 Å². The van der Waals surface area contributed by atoms with Crippen molar-refractivity contribution in [3.8, 4) is 0 Å². The fraction of sp³-hybridized carbons (Fsp3) is 0.308. The van der Waals surface area contributed by atoms with E-state index >= 15 is 0 Å². The van der Waals surface area contributed by atoms with Gasteiger partial charge < -0.3 is 0 Å². The Hall–Kier alpha value is -1.37. The zero-order valence-electron chi connectivity index (χ0n) is 8.79. The number of hydrogen-bond donors (Lipinski definition) is 0. The van der Waals surface area contributed by atoms with Gasteiger partial charge in [-0.2, -0.15) is 0 Å². The molecule has 0 heterocycles. The smallest absolute Gasteiger partial charge is 0.163 e. The normalized spacial score (nSPS) is 10.7. The van der Waals surface area contributed by atoms with Crippen LogP contribution in [0.15, 0.2) is 30.3 Å². The van der Waals surface area contributed by atoms with Gasteiger partial charge in [0.25, 0.3) is 0 Å². The summed E-state index contributed by atoms with van der Waals surface area (Å²) in [5.41, 5.74) is 1.86. The molecule has 1 aromatic rings. The van der Waals surface area contributed by atoms with Crippen LogP contribution in [0.4, 0.5) is 0 Å². The molecule has 1 aromatic carbocycles. The second-order valence-corrected chi connectivity index (χ2v) is 3.17. The average molecular weight is 188 g/mol. The topological polar surface area (TPSA) is 17.1 Å². The van der Waals surface area contributed by atoms with Gasteiger partial charge in [0.15, 0.2) is 5.78 Å². The lowest BCUT2D eigenvalue weighted by atomic mass is 10.0. The molecule has 0 saturated carbocycles. The Morgan fingerprint density at radius 3 is 2.64 bits per heavy atom. The molecule has 0 aliphatic heterocycles. The van der Waals surface area contributed by atoms with Crippen molar-refractivity contribution in [2.24, 2.45) is 0 Å². The molecular weight excluding hydrogens is 172 g/mol. The van der Waals surface area contributed by atoms with Crippen LogP contribution in [-0.2, 0) is 0 Å². The van der Waals surface area contributed by atoms with Crippen molar-refractivity contribution >= 4 is 11.9 Å². The molecule has 1 rings (SSSR count). The molecule has 0 aliphatic carbocycles. The minimum Gasteiger partial charge on any atom is -0.294 e. The highest BCUT2D eigenvalue weighted by atomic mass is 16.1. The third-order valence-corrected chi connectivity index (χ3v) is 2.12. The maximum absolute atomic E-state index is 11.6. The van der Waals surface area contributed by atoms with Crippen LogP contribution in [0.25, 0.3) is 6.08 Å². The van der Waals surface area contributed by atoms with Gasteiger partial charge in [0, 0.05) is 12.0 Å². The van der Waals surface area contributed by atoms with Crippen molar-refractivity contribution in [2.45, 2.75) is 26.7 Å². The first kappa shape index (κ1) is 10.7. The maximum Gasteiger partial charge on any atom is 0.163 e. The highest BCUT2D eigenvalue weighted by Crippen LogP contribution is 2.13. The van der Waals surface area contributed by atoms with Crippen molar-refractivity contribution in [1.82, 2.24) is 0 Å². The first-order chi connectivity index (χ1) is 6.79. The molecule has 0 bridgehead atoms. The predicted molar refractivity (Wildman–Crippen MR) is 60.4 cm³/mol. The predicted octanol–water partition coefficient (Wildman–Crippen LogP) is 3.70. The van der Waals surface area contributed by atoms with E-state index in [9.17, 15) is 4.79 Å². The molecule has 0 aliphatic rings. The molecule has 74 valence electrons. The summed E-state index contributed by atoms with van der Waals surface area (Å²) in [4.78, 5) is 11.6. The Morgan fingerprint density at radius 1 is 1.29 bits per heavy atom. The highest BCUT2D eigenvalue weighted by molar-refractivity contribution is 5.99. The molecular formula is C13H16O. The molecule has 0 fully saturated rings. The molecule has 0 saturated heterocycles. The highest BCUT2D eigenvalue weighted by Gasteiger charge is 2.05. The number of allylic oxidation sites excluding steroid dienone is 1. The van der Waals surface area contributed by atoms with E-state index in [2.05, 4.69) is 13.0 Å². The monoisotopic (exact) mass is 188 g/mol. The first-order valence-electron chi connectivity index (χ1n) is 5.08. The van der Waals surface area contributed by atoms with E-state index in [1.54, 1.807) is 0 Å². The second kappa shape index (κ2) is 5.38. The van der Waals surface area contributed by atoms with Crippen molar-refractivity contribution in [3.05, 3.63) is 41.5 Å². The van der Waals surface area contributed by atoms with E-state index in [0.29, 0.717) is 6.42 Å². The summed E-state index contributed by atoms with van der Waals surface area (Å²) < 4.78 is 0. The molecule has 1 heteroatoms. The average Bonchev–Trinajstić information content (AvgIpc) is 2.25. The Kier molecular flexibility index (Phi) is 4.11. The summed E-state index contributed by atoms with van der Waals surface area (Å²) in [5.74, 6) is 0.210.